The molecule has 4 atom stereocenters. The topological polar surface area (TPSA) is 269 Å². The van der Waals surface area contributed by atoms with E-state index >= 15 is 0 Å². The Labute approximate surface area is 371 Å². The number of carboxylic acids is 1. The van der Waals surface area contributed by atoms with Crippen LogP contribution >= 0.6 is 0 Å². The van der Waals surface area contributed by atoms with Gasteiger partial charge < -0.3 is 56.6 Å². The van der Waals surface area contributed by atoms with E-state index in [1.807, 2.05) is 24.3 Å². The molecule has 9 N–H and O–H groups in total. The van der Waals surface area contributed by atoms with Gasteiger partial charge in [-0.05, 0) is 81.0 Å². The maximum absolute atomic E-state index is 14.2. The lowest BCUT2D eigenvalue weighted by Crippen LogP contribution is -2.59. The lowest BCUT2D eigenvalue weighted by Gasteiger charge is -2.26. The Morgan fingerprint density at radius 3 is 2.06 bits per heavy atom. The summed E-state index contributed by atoms with van der Waals surface area (Å²) in [6.07, 6.45) is 3.41. The van der Waals surface area contributed by atoms with Crippen LogP contribution in [0.5, 0.6) is 11.5 Å². The highest BCUT2D eigenvalue weighted by molar-refractivity contribution is 5.97. The molecule has 18 nitrogen and oxygen atoms in total. The van der Waals surface area contributed by atoms with Gasteiger partial charge >= 0.3 is 12.1 Å². The molecule has 0 spiro atoms. The van der Waals surface area contributed by atoms with E-state index in [2.05, 4.69) is 31.6 Å². The first-order chi connectivity index (χ1) is 30.5. The van der Waals surface area contributed by atoms with Crippen LogP contribution in [0.15, 0.2) is 85.1 Å². The number of amides is 6. The van der Waals surface area contributed by atoms with Gasteiger partial charge in [0.25, 0.3) is 0 Å². The minimum atomic E-state index is -1.69. The summed E-state index contributed by atoms with van der Waals surface area (Å²) < 4.78 is 16.0. The Morgan fingerprint density at radius 2 is 1.39 bits per heavy atom. The first-order valence-corrected chi connectivity index (χ1v) is 20.6. The van der Waals surface area contributed by atoms with Crippen LogP contribution < -0.4 is 41.8 Å². The maximum atomic E-state index is 14.2. The highest BCUT2D eigenvalue weighted by Gasteiger charge is 2.33. The molecule has 0 aliphatic carbocycles. The molecule has 0 aliphatic heterocycles. The molecule has 0 unspecified atom stereocenters. The number of hydrogen-bond donors (Lipinski definition) is 8. The fraction of sp³-hybridized carbons (Fsp3) is 0.370. The standard InChI is InChI=1S/C46H57N7O11/c1-46(2,3)64-45(61)53-35(25-30-27-49-32-16-10-9-15-31(30)32)43(59)50-33(17-11-12-22-48-39(54)21-19-29-18-20-37(62-4)38(24-29)63-5)42(58)52-36(26-40(55)56)44(60)51-34(41(47)57)23-28-13-7-6-8-14-28/h6-10,13-16,18-21,24,27,33-36,49H,11-12,17,22-23,25-26H2,1-5H3,(H2,47,57)(H,48,54)(H,50,59)(H,51,60)(H,52,58)(H,53,61)(H,55,56)/b21-19+/t33-,34-,35-,36-/m0/s1. The monoisotopic (exact) mass is 883 g/mol. The van der Waals surface area contributed by atoms with Crippen molar-refractivity contribution in [2.24, 2.45) is 5.73 Å². The second-order valence-electron chi connectivity index (χ2n) is 15.9. The Kier molecular flexibility index (Phi) is 18.3. The third-order valence-corrected chi connectivity index (χ3v) is 9.75. The molecule has 1 aromatic heterocycles. The number of aliphatic carboxylic acids is 1. The number of aromatic nitrogens is 1. The highest BCUT2D eigenvalue weighted by Crippen LogP contribution is 2.28. The van der Waals surface area contributed by atoms with Crippen LogP contribution in [-0.2, 0) is 46.3 Å². The largest absolute Gasteiger partial charge is 0.493 e. The van der Waals surface area contributed by atoms with Crippen molar-refractivity contribution in [1.82, 2.24) is 31.6 Å². The van der Waals surface area contributed by atoms with Crippen molar-refractivity contribution >= 4 is 58.6 Å². The van der Waals surface area contributed by atoms with Gasteiger partial charge in [0.1, 0.15) is 29.8 Å². The molecule has 0 saturated heterocycles. The maximum Gasteiger partial charge on any atom is 0.408 e. The quantitative estimate of drug-likeness (QED) is 0.0396. The number of carboxylic acid groups (broad SMARTS) is 1. The van der Waals surface area contributed by atoms with Gasteiger partial charge in [-0.2, -0.15) is 0 Å². The van der Waals surface area contributed by atoms with E-state index in [0.717, 1.165) is 10.9 Å². The van der Waals surface area contributed by atoms with E-state index in [0.29, 0.717) is 34.6 Å². The van der Waals surface area contributed by atoms with E-state index in [1.165, 1.54) is 20.3 Å². The van der Waals surface area contributed by atoms with Gasteiger partial charge in [-0.3, -0.25) is 28.8 Å². The van der Waals surface area contributed by atoms with E-state index in [4.69, 9.17) is 19.9 Å². The number of fused-ring (bicyclic) bond motifs is 1. The number of para-hydroxylation sites is 1. The number of primary amides is 1. The number of benzene rings is 3. The van der Waals surface area contributed by atoms with Gasteiger partial charge in [-0.1, -0.05) is 54.6 Å². The average Bonchev–Trinajstić information content (AvgIpc) is 3.66. The highest BCUT2D eigenvalue weighted by atomic mass is 16.6. The van der Waals surface area contributed by atoms with E-state index in [9.17, 15) is 38.7 Å². The summed E-state index contributed by atoms with van der Waals surface area (Å²) in [5.74, 6) is -4.37. The number of unbranched alkanes of at least 4 members (excludes halogenated alkanes) is 1. The number of alkyl carbamates (subject to hydrolysis) is 1. The van der Waals surface area contributed by atoms with Crippen molar-refractivity contribution in [2.45, 2.75) is 89.1 Å². The van der Waals surface area contributed by atoms with Gasteiger partial charge in [0, 0.05) is 42.6 Å². The molecular formula is C46H57N7O11. The molecule has 0 radical (unpaired) electrons. The summed E-state index contributed by atoms with van der Waals surface area (Å²) in [6, 6.07) is 15.6. The second-order valence-corrected chi connectivity index (χ2v) is 15.9. The van der Waals surface area contributed by atoms with Crippen LogP contribution in [0.3, 0.4) is 0 Å². The molecule has 0 bridgehead atoms. The normalized spacial score (nSPS) is 13.1. The summed E-state index contributed by atoms with van der Waals surface area (Å²) in [5, 5.41) is 23.5. The fourth-order valence-electron chi connectivity index (χ4n) is 6.59. The molecule has 1 heterocycles. The van der Waals surface area contributed by atoms with E-state index in [1.54, 1.807) is 81.6 Å². The van der Waals surface area contributed by atoms with Crippen LogP contribution in [-0.4, -0.2) is 102 Å². The lowest BCUT2D eigenvalue weighted by molar-refractivity contribution is -0.141. The molecular weight excluding hydrogens is 827 g/mol. The number of nitrogens with one attached hydrogen (secondary N) is 6. The Balaban J connectivity index is 1.53. The number of carbonyl (C=O) groups excluding carboxylic acids is 6. The molecule has 6 amide bonds. The molecule has 4 aromatic rings. The summed E-state index contributed by atoms with van der Waals surface area (Å²) in [7, 11) is 3.02. The van der Waals surface area contributed by atoms with Crippen molar-refractivity contribution in [1.29, 1.82) is 0 Å². The van der Waals surface area contributed by atoms with Crippen LogP contribution in [0.2, 0.25) is 0 Å². The molecule has 0 saturated carbocycles. The number of hydrogen-bond acceptors (Lipinski definition) is 10. The zero-order valence-corrected chi connectivity index (χ0v) is 36.5. The van der Waals surface area contributed by atoms with Crippen molar-refractivity contribution < 1.29 is 52.9 Å². The first-order valence-electron chi connectivity index (χ1n) is 20.6. The lowest BCUT2D eigenvalue weighted by atomic mass is 10.0. The third kappa shape index (κ3) is 15.8. The first kappa shape index (κ1) is 49.3. The van der Waals surface area contributed by atoms with Gasteiger partial charge in [0.2, 0.25) is 29.5 Å². The predicted molar refractivity (Wildman–Crippen MR) is 238 cm³/mol. The number of rotatable bonds is 23. The molecule has 3 aromatic carbocycles. The zero-order valence-electron chi connectivity index (χ0n) is 36.5. The van der Waals surface area contributed by atoms with E-state index in [-0.39, 0.29) is 32.2 Å². The molecule has 0 fully saturated rings. The number of carbonyl (C=O) groups is 7. The van der Waals surface area contributed by atoms with Crippen LogP contribution in [0.4, 0.5) is 4.79 Å². The summed E-state index contributed by atoms with van der Waals surface area (Å²) in [6.45, 7) is 5.17. The van der Waals surface area contributed by atoms with Crippen LogP contribution in [0.25, 0.3) is 17.0 Å². The Bertz CT molecular complexity index is 2290. The summed E-state index contributed by atoms with van der Waals surface area (Å²) in [5.41, 5.74) is 7.52. The van der Waals surface area contributed by atoms with Crippen LogP contribution in [0.1, 0.15) is 63.1 Å². The number of ether oxygens (including phenoxy) is 3. The molecule has 4 rings (SSSR count). The molecule has 0 aliphatic rings. The van der Waals surface area contributed by atoms with E-state index < -0.39 is 77.8 Å². The van der Waals surface area contributed by atoms with Crippen molar-refractivity contribution in [3.8, 4) is 11.5 Å². The predicted octanol–water partition coefficient (Wildman–Crippen LogP) is 3.28. The Hall–Kier alpha value is -7.37. The van der Waals surface area contributed by atoms with Crippen molar-refractivity contribution in [3.05, 3.63) is 102 Å². The minimum absolute atomic E-state index is 0.000635. The second kappa shape index (κ2) is 23.7. The Morgan fingerprint density at radius 1 is 0.750 bits per heavy atom. The number of aromatic amines is 1. The van der Waals surface area contributed by atoms with Crippen molar-refractivity contribution in [2.75, 3.05) is 20.8 Å². The molecule has 342 valence electrons. The van der Waals surface area contributed by atoms with Gasteiger partial charge in [-0.15, -0.1) is 0 Å². The number of H-pyrrole nitrogens is 1. The SMILES string of the molecule is COc1ccc(/C=C/C(=O)NCCCC[C@H](NC(=O)[C@H](Cc2c[nH]c3ccccc23)NC(=O)OC(C)(C)C)C(=O)N[C@@H](CC(=O)O)C(=O)N[C@@H](Cc2ccccc2)C(N)=O)cc1OC. The third-order valence-electron chi connectivity index (χ3n) is 9.75. The molecule has 64 heavy (non-hydrogen) atoms. The number of nitrogens with two attached hydrogens (primary N) is 1. The average molecular weight is 884 g/mol. The van der Waals surface area contributed by atoms with Crippen molar-refractivity contribution in [3.63, 3.8) is 0 Å². The van der Waals surface area contributed by atoms with Gasteiger partial charge in [0.15, 0.2) is 11.5 Å². The smallest absolute Gasteiger partial charge is 0.408 e. The number of methoxy groups -OCH3 is 2. The van der Waals surface area contributed by atoms with Gasteiger partial charge in [-0.25, -0.2) is 4.79 Å². The summed E-state index contributed by atoms with van der Waals surface area (Å²) in [4.78, 5) is 95.0. The zero-order chi connectivity index (χ0) is 46.8. The van der Waals surface area contributed by atoms with Gasteiger partial charge in [0.05, 0.1) is 20.6 Å². The summed E-state index contributed by atoms with van der Waals surface area (Å²) >= 11 is 0. The minimum Gasteiger partial charge on any atom is -0.493 e. The fourth-order valence-corrected chi connectivity index (χ4v) is 6.59. The molecule has 18 heteroatoms. The van der Waals surface area contributed by atoms with Crippen LogP contribution in [0, 0.1) is 0 Å².